The molecule has 0 aliphatic rings. The number of aliphatic hydroxyl groups excluding tert-OH is 1. The Morgan fingerprint density at radius 1 is 1.35 bits per heavy atom. The van der Waals surface area contributed by atoms with Crippen LogP contribution in [-0.4, -0.2) is 16.1 Å². The number of oxazole rings is 1. The lowest BCUT2D eigenvalue weighted by atomic mass is 10.0. The van der Waals surface area contributed by atoms with Gasteiger partial charge in [0.15, 0.2) is 0 Å². The predicted octanol–water partition coefficient (Wildman–Crippen LogP) is 1.59. The zero-order chi connectivity index (χ0) is 12.3. The standard InChI is InChI=1S/C13H16N2O2/c1-9-8-15-13(17-9)12(16)11(14)7-10-5-3-2-4-6-10/h2-6,8,11-12,16H,7,14H2,1H3. The Kier molecular flexibility index (Phi) is 3.56. The monoisotopic (exact) mass is 232 g/mol. The average Bonchev–Trinajstić information content (AvgIpc) is 2.76. The minimum absolute atomic E-state index is 0.283. The quantitative estimate of drug-likeness (QED) is 0.839. The van der Waals surface area contributed by atoms with E-state index in [2.05, 4.69) is 4.98 Å². The highest BCUT2D eigenvalue weighted by atomic mass is 16.4. The van der Waals surface area contributed by atoms with Gasteiger partial charge in [0.25, 0.3) is 0 Å². The average molecular weight is 232 g/mol. The summed E-state index contributed by atoms with van der Waals surface area (Å²) < 4.78 is 5.26. The number of aliphatic hydroxyl groups is 1. The maximum Gasteiger partial charge on any atom is 0.224 e. The van der Waals surface area contributed by atoms with Crippen molar-refractivity contribution in [3.63, 3.8) is 0 Å². The number of nitrogens with zero attached hydrogens (tertiary/aromatic N) is 1. The number of rotatable bonds is 4. The first-order valence-electron chi connectivity index (χ1n) is 5.56. The highest BCUT2D eigenvalue weighted by molar-refractivity contribution is 5.16. The molecule has 0 aliphatic heterocycles. The van der Waals surface area contributed by atoms with Gasteiger partial charge < -0.3 is 15.3 Å². The van der Waals surface area contributed by atoms with Crippen LogP contribution in [0.4, 0.5) is 0 Å². The SMILES string of the molecule is Cc1cnc(C(O)C(N)Cc2ccccc2)o1. The van der Waals surface area contributed by atoms with E-state index >= 15 is 0 Å². The zero-order valence-corrected chi connectivity index (χ0v) is 9.71. The summed E-state index contributed by atoms with van der Waals surface area (Å²) in [7, 11) is 0. The topological polar surface area (TPSA) is 72.3 Å². The van der Waals surface area contributed by atoms with E-state index in [1.807, 2.05) is 30.3 Å². The molecule has 90 valence electrons. The molecule has 2 aromatic rings. The Balaban J connectivity index is 2.03. The number of hydrogen-bond acceptors (Lipinski definition) is 4. The third kappa shape index (κ3) is 2.93. The van der Waals surface area contributed by atoms with Gasteiger partial charge >= 0.3 is 0 Å². The van der Waals surface area contributed by atoms with E-state index in [0.717, 1.165) is 5.56 Å². The van der Waals surface area contributed by atoms with Gasteiger partial charge in [0, 0.05) is 6.04 Å². The fourth-order valence-corrected chi connectivity index (χ4v) is 1.69. The zero-order valence-electron chi connectivity index (χ0n) is 9.71. The second-order valence-electron chi connectivity index (χ2n) is 4.11. The number of aryl methyl sites for hydroxylation is 1. The molecule has 0 aliphatic carbocycles. The molecule has 0 saturated heterocycles. The molecule has 1 aromatic heterocycles. The van der Waals surface area contributed by atoms with E-state index in [1.165, 1.54) is 0 Å². The van der Waals surface area contributed by atoms with E-state index in [-0.39, 0.29) is 5.89 Å². The van der Waals surface area contributed by atoms with E-state index in [0.29, 0.717) is 12.2 Å². The molecule has 4 heteroatoms. The van der Waals surface area contributed by atoms with Crippen LogP contribution in [0.15, 0.2) is 40.9 Å². The maximum absolute atomic E-state index is 9.98. The molecule has 4 nitrogen and oxygen atoms in total. The molecular weight excluding hydrogens is 216 g/mol. The maximum atomic E-state index is 9.98. The third-order valence-electron chi connectivity index (χ3n) is 2.61. The molecule has 3 N–H and O–H groups in total. The van der Waals surface area contributed by atoms with Crippen molar-refractivity contribution in [2.24, 2.45) is 5.73 Å². The summed E-state index contributed by atoms with van der Waals surface area (Å²) in [5, 5.41) is 9.98. The lowest BCUT2D eigenvalue weighted by molar-refractivity contribution is 0.114. The number of nitrogens with two attached hydrogens (primary N) is 1. The minimum atomic E-state index is -0.871. The van der Waals surface area contributed by atoms with Crippen LogP contribution in [-0.2, 0) is 6.42 Å². The molecule has 2 rings (SSSR count). The Hall–Kier alpha value is -1.65. The predicted molar refractivity (Wildman–Crippen MR) is 64.3 cm³/mol. The van der Waals surface area contributed by atoms with E-state index < -0.39 is 12.1 Å². The lowest BCUT2D eigenvalue weighted by Gasteiger charge is -2.15. The summed E-state index contributed by atoms with van der Waals surface area (Å²) >= 11 is 0. The molecule has 2 unspecified atom stereocenters. The van der Waals surface area contributed by atoms with Crippen molar-refractivity contribution in [3.05, 3.63) is 53.7 Å². The fraction of sp³-hybridized carbons (Fsp3) is 0.308. The molecule has 0 spiro atoms. The molecule has 0 bridgehead atoms. The summed E-state index contributed by atoms with van der Waals surface area (Å²) in [5.74, 6) is 0.955. The normalized spacial score (nSPS) is 14.5. The largest absolute Gasteiger partial charge is 0.443 e. The van der Waals surface area contributed by atoms with Crippen LogP contribution in [0.5, 0.6) is 0 Å². The second-order valence-corrected chi connectivity index (χ2v) is 4.11. The van der Waals surface area contributed by atoms with Gasteiger partial charge in [0.05, 0.1) is 6.20 Å². The van der Waals surface area contributed by atoms with Gasteiger partial charge in [-0.2, -0.15) is 0 Å². The molecule has 0 fully saturated rings. The van der Waals surface area contributed by atoms with Crippen LogP contribution < -0.4 is 5.73 Å². The van der Waals surface area contributed by atoms with Crippen molar-refractivity contribution in [2.75, 3.05) is 0 Å². The summed E-state index contributed by atoms with van der Waals surface area (Å²) in [5.41, 5.74) is 7.03. The van der Waals surface area contributed by atoms with Crippen molar-refractivity contribution in [2.45, 2.75) is 25.5 Å². The summed E-state index contributed by atoms with van der Waals surface area (Å²) in [6, 6.07) is 9.38. The van der Waals surface area contributed by atoms with Gasteiger partial charge in [0.1, 0.15) is 11.9 Å². The van der Waals surface area contributed by atoms with Gasteiger partial charge in [-0.1, -0.05) is 30.3 Å². The van der Waals surface area contributed by atoms with Gasteiger partial charge in [-0.25, -0.2) is 4.98 Å². The molecular formula is C13H16N2O2. The van der Waals surface area contributed by atoms with E-state index in [9.17, 15) is 5.11 Å². The van der Waals surface area contributed by atoms with Gasteiger partial charge in [-0.3, -0.25) is 0 Å². The highest BCUT2D eigenvalue weighted by Crippen LogP contribution is 2.18. The Bertz CT molecular complexity index is 467. The van der Waals surface area contributed by atoms with Crippen molar-refractivity contribution in [3.8, 4) is 0 Å². The summed E-state index contributed by atoms with van der Waals surface area (Å²) in [6.45, 7) is 1.78. The molecule has 1 heterocycles. The fourth-order valence-electron chi connectivity index (χ4n) is 1.69. The van der Waals surface area contributed by atoms with Gasteiger partial charge in [-0.15, -0.1) is 0 Å². The summed E-state index contributed by atoms with van der Waals surface area (Å²) in [4.78, 5) is 3.98. The first kappa shape index (κ1) is 11.8. The first-order chi connectivity index (χ1) is 8.16. The van der Waals surface area contributed by atoms with Crippen LogP contribution in [0, 0.1) is 6.92 Å². The van der Waals surface area contributed by atoms with Crippen LogP contribution in [0.3, 0.4) is 0 Å². The number of benzene rings is 1. The van der Waals surface area contributed by atoms with E-state index in [4.69, 9.17) is 10.2 Å². The third-order valence-corrected chi connectivity index (χ3v) is 2.61. The van der Waals surface area contributed by atoms with Crippen molar-refractivity contribution in [1.29, 1.82) is 0 Å². The Morgan fingerprint density at radius 2 is 2.06 bits per heavy atom. The first-order valence-corrected chi connectivity index (χ1v) is 5.56. The number of hydrogen-bond donors (Lipinski definition) is 2. The minimum Gasteiger partial charge on any atom is -0.443 e. The van der Waals surface area contributed by atoms with Crippen LogP contribution in [0.2, 0.25) is 0 Å². The van der Waals surface area contributed by atoms with Crippen molar-refractivity contribution >= 4 is 0 Å². The van der Waals surface area contributed by atoms with Crippen molar-refractivity contribution < 1.29 is 9.52 Å². The second kappa shape index (κ2) is 5.12. The highest BCUT2D eigenvalue weighted by Gasteiger charge is 2.21. The Morgan fingerprint density at radius 3 is 2.65 bits per heavy atom. The van der Waals surface area contributed by atoms with E-state index in [1.54, 1.807) is 13.1 Å². The Labute approximate surface area is 100 Å². The van der Waals surface area contributed by atoms with Crippen LogP contribution >= 0.6 is 0 Å². The molecule has 0 amide bonds. The number of aromatic nitrogens is 1. The van der Waals surface area contributed by atoms with Gasteiger partial charge in [-0.05, 0) is 18.9 Å². The lowest BCUT2D eigenvalue weighted by Crippen LogP contribution is -2.30. The molecule has 0 saturated carbocycles. The van der Waals surface area contributed by atoms with Gasteiger partial charge in [0.2, 0.25) is 5.89 Å². The van der Waals surface area contributed by atoms with Crippen LogP contribution in [0.1, 0.15) is 23.3 Å². The molecule has 17 heavy (non-hydrogen) atoms. The van der Waals surface area contributed by atoms with Crippen LogP contribution in [0.25, 0.3) is 0 Å². The van der Waals surface area contributed by atoms with Crippen molar-refractivity contribution in [1.82, 2.24) is 4.98 Å². The molecule has 1 aromatic carbocycles. The summed E-state index contributed by atoms with van der Waals surface area (Å²) in [6.07, 6.45) is 1.29. The molecule has 0 radical (unpaired) electrons. The molecule has 2 atom stereocenters. The smallest absolute Gasteiger partial charge is 0.224 e.